The van der Waals surface area contributed by atoms with Gasteiger partial charge in [0.25, 0.3) is 0 Å². The molecule has 0 saturated heterocycles. The van der Waals surface area contributed by atoms with Crippen molar-refractivity contribution < 1.29 is 4.74 Å². The maximum Gasteiger partial charge on any atom is 0.123 e. The van der Waals surface area contributed by atoms with E-state index in [1.54, 1.807) is 0 Å². The minimum Gasteiger partial charge on any atom is -0.488 e. The van der Waals surface area contributed by atoms with Crippen molar-refractivity contribution in [2.45, 2.75) is 32.4 Å². The van der Waals surface area contributed by atoms with Gasteiger partial charge < -0.3 is 4.74 Å². The van der Waals surface area contributed by atoms with E-state index in [-0.39, 0.29) is 5.60 Å². The summed E-state index contributed by atoms with van der Waals surface area (Å²) in [5, 5.41) is 0. The highest BCUT2D eigenvalue weighted by Gasteiger charge is 2.13. The summed E-state index contributed by atoms with van der Waals surface area (Å²) >= 11 is 2.34. The van der Waals surface area contributed by atoms with Crippen LogP contribution in [0.15, 0.2) is 18.2 Å². The summed E-state index contributed by atoms with van der Waals surface area (Å²) in [7, 11) is 1.18. The average molecular weight is 320 g/mol. The fourth-order valence-corrected chi connectivity index (χ4v) is 2.36. The molecule has 0 spiro atoms. The molecule has 0 fully saturated rings. The third kappa shape index (κ3) is 3.61. The van der Waals surface area contributed by atoms with E-state index in [0.717, 1.165) is 11.8 Å². The Labute approximate surface area is 103 Å². The van der Waals surface area contributed by atoms with Gasteiger partial charge in [0.2, 0.25) is 0 Å². The molecule has 0 N–H and O–H groups in total. The zero-order valence-corrected chi connectivity index (χ0v) is 13.4. The topological polar surface area (TPSA) is 9.23 Å². The van der Waals surface area contributed by atoms with Crippen LogP contribution < -0.4 is 4.74 Å². The first-order chi connectivity index (χ1) is 6.42. The van der Waals surface area contributed by atoms with Crippen LogP contribution in [-0.4, -0.2) is 15.8 Å². The van der Waals surface area contributed by atoms with E-state index < -0.39 is 0 Å². The van der Waals surface area contributed by atoms with Crippen LogP contribution in [0.5, 0.6) is 5.75 Å². The van der Waals surface area contributed by atoms with E-state index in [0.29, 0.717) is 0 Å². The Balaban J connectivity index is 2.97. The van der Waals surface area contributed by atoms with E-state index in [1.807, 2.05) is 0 Å². The number of hydrogen-bond acceptors (Lipinski definition) is 1. The smallest absolute Gasteiger partial charge is 0.123 e. The van der Waals surface area contributed by atoms with Crippen molar-refractivity contribution in [3.05, 3.63) is 27.3 Å². The monoisotopic (exact) mass is 320 g/mol. The van der Waals surface area contributed by atoms with E-state index in [4.69, 9.17) is 4.74 Å². The summed E-state index contributed by atoms with van der Waals surface area (Å²) < 4.78 is 7.18. The zero-order chi connectivity index (χ0) is 10.8. The normalized spacial score (nSPS) is 11.7. The third-order valence-corrected chi connectivity index (χ3v) is 3.25. The van der Waals surface area contributed by atoms with Crippen LogP contribution in [0, 0.1) is 3.57 Å². The van der Waals surface area contributed by atoms with Crippen molar-refractivity contribution in [3.8, 4) is 5.75 Å². The van der Waals surface area contributed by atoms with Gasteiger partial charge in [0.05, 0.1) is 0 Å². The molecular weight excluding hydrogens is 303 g/mol. The van der Waals surface area contributed by atoms with Crippen molar-refractivity contribution in [1.29, 1.82) is 0 Å². The molecule has 0 aliphatic rings. The van der Waals surface area contributed by atoms with Crippen LogP contribution in [0.4, 0.5) is 0 Å². The lowest BCUT2D eigenvalue weighted by molar-refractivity contribution is 0.129. The van der Waals surface area contributed by atoms with Gasteiger partial charge in [-0.3, -0.25) is 0 Å². The first-order valence-electron chi connectivity index (χ1n) is 4.90. The molecule has 0 heterocycles. The predicted molar refractivity (Wildman–Crippen MR) is 73.2 cm³/mol. The Morgan fingerprint density at radius 1 is 1.36 bits per heavy atom. The summed E-state index contributed by atoms with van der Waals surface area (Å²) in [5.41, 5.74) is 1.25. The standard InChI is InChI=1S/C11H17IOSi/c1-11(2,3)13-10-5-4-9(12)6-8(10)7-14/h4-6H,7H2,1-3,14H3. The maximum absolute atomic E-state index is 5.90. The highest BCUT2D eigenvalue weighted by atomic mass is 127. The quantitative estimate of drug-likeness (QED) is 0.600. The maximum atomic E-state index is 5.90. The molecule has 1 aromatic carbocycles. The highest BCUT2D eigenvalue weighted by Crippen LogP contribution is 2.24. The van der Waals surface area contributed by atoms with E-state index in [2.05, 4.69) is 61.6 Å². The summed E-state index contributed by atoms with van der Waals surface area (Å²) in [4.78, 5) is 0. The molecular formula is C11H17IOSi. The van der Waals surface area contributed by atoms with Crippen molar-refractivity contribution >= 4 is 32.8 Å². The molecule has 0 aliphatic heterocycles. The molecule has 0 saturated carbocycles. The molecule has 1 nitrogen and oxygen atoms in total. The Morgan fingerprint density at radius 3 is 2.50 bits per heavy atom. The Bertz CT molecular complexity index is 318. The SMILES string of the molecule is CC(C)(C)Oc1ccc(I)cc1C[SiH3]. The lowest BCUT2D eigenvalue weighted by Crippen LogP contribution is -2.23. The molecule has 78 valence electrons. The molecule has 0 unspecified atom stereocenters. The van der Waals surface area contributed by atoms with Gasteiger partial charge in [-0.1, -0.05) is 0 Å². The largest absolute Gasteiger partial charge is 0.488 e. The molecule has 14 heavy (non-hydrogen) atoms. The summed E-state index contributed by atoms with van der Waals surface area (Å²) in [5.74, 6) is 1.05. The van der Waals surface area contributed by atoms with Gasteiger partial charge in [0, 0.05) is 13.8 Å². The van der Waals surface area contributed by atoms with Crippen molar-refractivity contribution in [3.63, 3.8) is 0 Å². The summed E-state index contributed by atoms with van der Waals surface area (Å²) in [6.07, 6.45) is 0. The molecule has 0 aromatic heterocycles. The molecule has 0 atom stereocenters. The number of benzene rings is 1. The van der Waals surface area contributed by atoms with E-state index in [9.17, 15) is 0 Å². The molecule has 0 bridgehead atoms. The Hall–Kier alpha value is -0.0331. The lowest BCUT2D eigenvalue weighted by Gasteiger charge is -2.23. The van der Waals surface area contributed by atoms with Crippen LogP contribution in [-0.2, 0) is 6.04 Å². The van der Waals surface area contributed by atoms with E-state index >= 15 is 0 Å². The van der Waals surface area contributed by atoms with Crippen LogP contribution in [0.2, 0.25) is 0 Å². The molecule has 0 amide bonds. The van der Waals surface area contributed by atoms with Gasteiger partial charge >= 0.3 is 0 Å². The third-order valence-electron chi connectivity index (χ3n) is 1.82. The van der Waals surface area contributed by atoms with Crippen LogP contribution in [0.1, 0.15) is 26.3 Å². The number of halogens is 1. The van der Waals surface area contributed by atoms with Crippen molar-refractivity contribution in [1.82, 2.24) is 0 Å². The van der Waals surface area contributed by atoms with Crippen LogP contribution in [0.3, 0.4) is 0 Å². The van der Waals surface area contributed by atoms with Crippen molar-refractivity contribution in [2.24, 2.45) is 0 Å². The minimum absolute atomic E-state index is 0.0989. The summed E-state index contributed by atoms with van der Waals surface area (Å²) in [6, 6.07) is 7.56. The van der Waals surface area contributed by atoms with Crippen LogP contribution in [0.25, 0.3) is 0 Å². The first kappa shape index (κ1) is 12.0. The first-order valence-corrected chi connectivity index (χ1v) is 7.39. The molecule has 1 rings (SSSR count). The Kier molecular flexibility index (Phi) is 4.01. The summed E-state index contributed by atoms with van der Waals surface area (Å²) in [6.45, 7) is 6.26. The second-order valence-corrected chi connectivity index (χ2v) is 6.27. The Morgan fingerprint density at radius 2 is 2.00 bits per heavy atom. The number of ether oxygens (including phenoxy) is 1. The fraction of sp³-hybridized carbons (Fsp3) is 0.455. The van der Waals surface area contributed by atoms with Gasteiger partial charge in [-0.05, 0) is 73.2 Å². The lowest BCUT2D eigenvalue weighted by atomic mass is 10.1. The van der Waals surface area contributed by atoms with E-state index in [1.165, 1.54) is 19.4 Å². The van der Waals surface area contributed by atoms with Crippen molar-refractivity contribution in [2.75, 3.05) is 0 Å². The average Bonchev–Trinajstić information content (AvgIpc) is 2.06. The minimum atomic E-state index is -0.0989. The second-order valence-electron chi connectivity index (χ2n) is 4.32. The highest BCUT2D eigenvalue weighted by molar-refractivity contribution is 14.1. The molecule has 3 heteroatoms. The molecule has 0 radical (unpaired) electrons. The fourth-order valence-electron chi connectivity index (χ4n) is 1.25. The van der Waals surface area contributed by atoms with Gasteiger partial charge in [0.15, 0.2) is 0 Å². The zero-order valence-electron chi connectivity index (χ0n) is 9.23. The molecule has 1 aromatic rings. The van der Waals surface area contributed by atoms with Gasteiger partial charge in [0.1, 0.15) is 11.4 Å². The second kappa shape index (κ2) is 4.66. The molecule has 0 aliphatic carbocycles. The predicted octanol–water partition coefficient (Wildman–Crippen LogP) is 2.33. The van der Waals surface area contributed by atoms with Gasteiger partial charge in [-0.2, -0.15) is 0 Å². The van der Waals surface area contributed by atoms with Gasteiger partial charge in [-0.15, -0.1) is 0 Å². The van der Waals surface area contributed by atoms with Gasteiger partial charge in [-0.25, -0.2) is 0 Å². The number of rotatable bonds is 2. The van der Waals surface area contributed by atoms with Crippen LogP contribution >= 0.6 is 22.6 Å². The number of hydrogen-bond donors (Lipinski definition) is 0.